The zero-order valence-electron chi connectivity index (χ0n) is 16.3. The van der Waals surface area contributed by atoms with Crippen LogP contribution in [0, 0.1) is 0 Å². The van der Waals surface area contributed by atoms with E-state index in [4.69, 9.17) is 27.9 Å². The molecule has 0 bridgehead atoms. The molecule has 0 heterocycles. The number of rotatable bonds is 13. The molecule has 0 aliphatic heterocycles. The molecule has 0 rings (SSSR count). The normalized spacial score (nSPS) is 12.0. The first-order chi connectivity index (χ1) is 10.9. The Bertz CT molecular complexity index is 239. The van der Waals surface area contributed by atoms with Crippen LogP contribution in [-0.2, 0) is 22.1 Å². The largest absolute Gasteiger partial charge is 0.500 e. The SMILES string of the molecule is CCC[Si](C)(OC)OC.CCO[Si](CCCN)(OCC)OCC. The number of hydrogen-bond donors (Lipinski definition) is 1. The Balaban J connectivity index is 0. The van der Waals surface area contributed by atoms with Crippen LogP contribution in [0.2, 0.25) is 18.6 Å². The predicted molar refractivity (Wildman–Crippen MR) is 99.8 cm³/mol. The van der Waals surface area contributed by atoms with Crippen molar-refractivity contribution < 1.29 is 22.1 Å². The van der Waals surface area contributed by atoms with Gasteiger partial charge in [0.05, 0.1) is 0 Å². The molecule has 0 aromatic heterocycles. The predicted octanol–water partition coefficient (Wildman–Crippen LogP) is 3.14. The van der Waals surface area contributed by atoms with E-state index < -0.39 is 17.4 Å². The standard InChI is InChI=1S/C9H23NO3Si.C6H16O2Si/c1-4-11-14(12-5-2,13-6-3)9-7-8-10;1-5-6-9(4,7-2)8-3/h4-10H2,1-3H3;5-6H2,1-4H3. The molecule has 8 heteroatoms. The lowest BCUT2D eigenvalue weighted by molar-refractivity contribution is 0.0710. The maximum atomic E-state index is 5.65. The van der Waals surface area contributed by atoms with Crippen molar-refractivity contribution >= 4 is 17.4 Å². The topological polar surface area (TPSA) is 72.2 Å². The van der Waals surface area contributed by atoms with E-state index in [1.165, 1.54) is 0 Å². The molecule has 0 aliphatic carbocycles. The third kappa shape index (κ3) is 12.2. The van der Waals surface area contributed by atoms with Crippen LogP contribution in [0.3, 0.4) is 0 Å². The molecule has 0 amide bonds. The van der Waals surface area contributed by atoms with Gasteiger partial charge in [0.25, 0.3) is 0 Å². The van der Waals surface area contributed by atoms with E-state index >= 15 is 0 Å². The van der Waals surface area contributed by atoms with Crippen LogP contribution < -0.4 is 5.73 Å². The molecule has 0 aliphatic rings. The van der Waals surface area contributed by atoms with E-state index in [0.717, 1.165) is 24.9 Å². The lowest BCUT2D eigenvalue weighted by Gasteiger charge is -2.28. The molecule has 23 heavy (non-hydrogen) atoms. The Labute approximate surface area is 145 Å². The number of nitrogens with two attached hydrogens (primary N) is 1. The molecule has 0 aromatic rings. The second kappa shape index (κ2) is 15.7. The molecule has 0 fully saturated rings. The van der Waals surface area contributed by atoms with E-state index in [2.05, 4.69) is 13.5 Å². The van der Waals surface area contributed by atoms with Crippen molar-refractivity contribution in [3.05, 3.63) is 0 Å². The summed E-state index contributed by atoms with van der Waals surface area (Å²) >= 11 is 0. The second-order valence-electron chi connectivity index (χ2n) is 5.17. The van der Waals surface area contributed by atoms with Gasteiger partial charge in [0.2, 0.25) is 0 Å². The summed E-state index contributed by atoms with van der Waals surface area (Å²) in [5.41, 5.74) is 5.48. The van der Waals surface area contributed by atoms with Crippen LogP contribution in [-0.4, -0.2) is 58.0 Å². The van der Waals surface area contributed by atoms with Crippen LogP contribution in [0.5, 0.6) is 0 Å². The number of hydrogen-bond acceptors (Lipinski definition) is 6. The summed E-state index contributed by atoms with van der Waals surface area (Å²) in [6.07, 6.45) is 2.04. The Hall–Kier alpha value is 0.194. The van der Waals surface area contributed by atoms with Crippen molar-refractivity contribution in [3.63, 3.8) is 0 Å². The van der Waals surface area contributed by atoms with Gasteiger partial charge in [-0.25, -0.2) is 0 Å². The smallest absolute Gasteiger partial charge is 0.398 e. The van der Waals surface area contributed by atoms with Crippen molar-refractivity contribution in [2.75, 3.05) is 40.6 Å². The van der Waals surface area contributed by atoms with Gasteiger partial charge < -0.3 is 27.9 Å². The quantitative estimate of drug-likeness (QED) is 0.503. The minimum atomic E-state index is -2.40. The molecule has 0 radical (unpaired) electrons. The van der Waals surface area contributed by atoms with Gasteiger partial charge in [0, 0.05) is 40.1 Å². The van der Waals surface area contributed by atoms with Gasteiger partial charge in [-0.05, 0) is 46.3 Å². The zero-order valence-corrected chi connectivity index (χ0v) is 18.3. The summed E-state index contributed by atoms with van der Waals surface area (Å²) < 4.78 is 27.4. The van der Waals surface area contributed by atoms with Crippen LogP contribution in [0.15, 0.2) is 0 Å². The van der Waals surface area contributed by atoms with Crippen molar-refractivity contribution in [1.82, 2.24) is 0 Å². The van der Waals surface area contributed by atoms with Crippen molar-refractivity contribution in [3.8, 4) is 0 Å². The van der Waals surface area contributed by atoms with Crippen molar-refractivity contribution in [2.24, 2.45) is 5.73 Å². The molecule has 2 N–H and O–H groups in total. The van der Waals surface area contributed by atoms with E-state index in [-0.39, 0.29) is 0 Å². The first-order valence-corrected chi connectivity index (χ1v) is 13.1. The molecular weight excluding hydrogens is 330 g/mol. The Morgan fingerprint density at radius 3 is 1.43 bits per heavy atom. The van der Waals surface area contributed by atoms with Crippen LogP contribution in [0.1, 0.15) is 40.5 Å². The van der Waals surface area contributed by atoms with Gasteiger partial charge in [0.15, 0.2) is 0 Å². The highest BCUT2D eigenvalue weighted by Gasteiger charge is 2.39. The molecular formula is C15H39NO5Si2. The van der Waals surface area contributed by atoms with Crippen molar-refractivity contribution in [2.45, 2.75) is 59.2 Å². The molecule has 0 saturated heterocycles. The average molecular weight is 370 g/mol. The lowest BCUT2D eigenvalue weighted by atomic mass is 10.5. The summed E-state index contributed by atoms with van der Waals surface area (Å²) in [4.78, 5) is 0. The highest BCUT2D eigenvalue weighted by atomic mass is 28.4. The monoisotopic (exact) mass is 369 g/mol. The fourth-order valence-electron chi connectivity index (χ4n) is 2.06. The van der Waals surface area contributed by atoms with Crippen LogP contribution in [0.4, 0.5) is 0 Å². The highest BCUT2D eigenvalue weighted by Crippen LogP contribution is 2.17. The van der Waals surface area contributed by atoms with Crippen molar-refractivity contribution in [1.29, 1.82) is 0 Å². The molecule has 0 atom stereocenters. The fraction of sp³-hybridized carbons (Fsp3) is 1.00. The Kier molecular flexibility index (Phi) is 17.4. The van der Waals surface area contributed by atoms with Gasteiger partial charge in [-0.3, -0.25) is 0 Å². The molecule has 0 unspecified atom stereocenters. The van der Waals surface area contributed by atoms with Gasteiger partial charge in [-0.1, -0.05) is 13.3 Å². The first kappa shape index (κ1) is 25.4. The van der Waals surface area contributed by atoms with E-state index in [0.29, 0.717) is 26.4 Å². The minimum Gasteiger partial charge on any atom is -0.398 e. The summed E-state index contributed by atoms with van der Waals surface area (Å²) in [7, 11) is -0.639. The van der Waals surface area contributed by atoms with Gasteiger partial charge >= 0.3 is 17.4 Å². The molecule has 6 nitrogen and oxygen atoms in total. The highest BCUT2D eigenvalue weighted by molar-refractivity contribution is 6.65. The molecule has 0 aromatic carbocycles. The van der Waals surface area contributed by atoms with Crippen LogP contribution in [0.25, 0.3) is 0 Å². The first-order valence-electron chi connectivity index (χ1n) is 8.65. The van der Waals surface area contributed by atoms with E-state index in [9.17, 15) is 0 Å². The molecule has 0 saturated carbocycles. The average Bonchev–Trinajstić information content (AvgIpc) is 2.54. The summed E-state index contributed by atoms with van der Waals surface area (Å²) in [5.74, 6) is 0. The van der Waals surface area contributed by atoms with Gasteiger partial charge in [-0.2, -0.15) is 0 Å². The minimum absolute atomic E-state index is 0.636. The zero-order chi connectivity index (χ0) is 18.2. The maximum Gasteiger partial charge on any atom is 0.500 e. The third-order valence-electron chi connectivity index (χ3n) is 3.35. The van der Waals surface area contributed by atoms with Gasteiger partial charge in [0.1, 0.15) is 0 Å². The Morgan fingerprint density at radius 2 is 1.22 bits per heavy atom. The fourth-order valence-corrected chi connectivity index (χ4v) is 6.18. The van der Waals surface area contributed by atoms with Gasteiger partial charge in [-0.15, -0.1) is 0 Å². The van der Waals surface area contributed by atoms with Crippen LogP contribution >= 0.6 is 0 Å². The van der Waals surface area contributed by atoms with E-state index in [1.807, 2.05) is 20.8 Å². The summed E-state index contributed by atoms with van der Waals surface area (Å²) in [6, 6.07) is 1.90. The maximum absolute atomic E-state index is 5.65. The van der Waals surface area contributed by atoms with E-state index in [1.54, 1.807) is 14.2 Å². The molecule has 0 spiro atoms. The lowest BCUT2D eigenvalue weighted by Crippen LogP contribution is -2.46. The summed E-state index contributed by atoms with van der Waals surface area (Å²) in [5, 5.41) is 0. The summed E-state index contributed by atoms with van der Waals surface area (Å²) in [6.45, 7) is 12.7. The molecule has 142 valence electrons. The second-order valence-corrected chi connectivity index (χ2v) is 11.5. The third-order valence-corrected chi connectivity index (χ3v) is 9.63. The Morgan fingerprint density at radius 1 is 0.783 bits per heavy atom.